The molecule has 0 N–H and O–H groups in total. The minimum atomic E-state index is -3.77. The number of benzene rings is 1. The van der Waals surface area contributed by atoms with Gasteiger partial charge in [0.2, 0.25) is 0 Å². The van der Waals surface area contributed by atoms with E-state index < -0.39 is 27.8 Å². The first-order chi connectivity index (χ1) is 10.6. The molecule has 1 aromatic rings. The predicted molar refractivity (Wildman–Crippen MR) is 83.0 cm³/mol. The summed E-state index contributed by atoms with van der Waals surface area (Å²) in [7, 11) is -3.77. The highest BCUT2D eigenvalue weighted by Crippen LogP contribution is 2.30. The molecule has 5 nitrogen and oxygen atoms in total. The first kappa shape index (κ1) is 18.2. The molecule has 128 valence electrons. The Kier molecular flexibility index (Phi) is 5.37. The fourth-order valence-electron chi connectivity index (χ4n) is 1.91. The highest BCUT2D eigenvalue weighted by Gasteiger charge is 2.39. The third-order valence-electron chi connectivity index (χ3n) is 3.10. The summed E-state index contributed by atoms with van der Waals surface area (Å²) in [5, 5.41) is 3.41. The van der Waals surface area contributed by atoms with E-state index in [1.807, 2.05) is 0 Å². The molecule has 0 bridgehead atoms. The van der Waals surface area contributed by atoms with Crippen LogP contribution in [0.3, 0.4) is 0 Å². The summed E-state index contributed by atoms with van der Waals surface area (Å²) < 4.78 is 53.5. The van der Waals surface area contributed by atoms with Crippen molar-refractivity contribution in [2.75, 3.05) is 5.88 Å². The van der Waals surface area contributed by atoms with Gasteiger partial charge in [-0.25, -0.2) is 8.42 Å². The molecule has 1 unspecified atom stereocenters. The molecule has 1 atom stereocenters. The van der Waals surface area contributed by atoms with Crippen molar-refractivity contribution in [2.24, 2.45) is 5.16 Å². The van der Waals surface area contributed by atoms with Crippen molar-refractivity contribution in [1.29, 1.82) is 0 Å². The average molecular weight is 388 g/mol. The normalized spacial score (nSPS) is 21.2. The summed E-state index contributed by atoms with van der Waals surface area (Å²) >= 11 is 11.4. The number of nitrogens with zero attached hydrogens (tertiary/aromatic N) is 1. The molecule has 0 fully saturated rings. The van der Waals surface area contributed by atoms with Crippen LogP contribution < -0.4 is 4.74 Å². The minimum absolute atomic E-state index is 0.0392. The van der Waals surface area contributed by atoms with Crippen LogP contribution in [0.2, 0.25) is 5.02 Å². The van der Waals surface area contributed by atoms with Crippen molar-refractivity contribution >= 4 is 38.1 Å². The molecule has 1 aromatic carbocycles. The van der Waals surface area contributed by atoms with Gasteiger partial charge in [0, 0.05) is 6.42 Å². The summed E-state index contributed by atoms with van der Waals surface area (Å²) in [6.07, 6.45) is 0.0484. The van der Waals surface area contributed by atoms with E-state index in [0.29, 0.717) is 0 Å². The molecule has 0 aliphatic carbocycles. The zero-order valence-corrected chi connectivity index (χ0v) is 14.3. The van der Waals surface area contributed by atoms with Gasteiger partial charge in [-0.2, -0.15) is 8.78 Å². The van der Waals surface area contributed by atoms with Crippen LogP contribution in [0.1, 0.15) is 18.9 Å². The van der Waals surface area contributed by atoms with Crippen molar-refractivity contribution in [3.05, 3.63) is 28.8 Å². The van der Waals surface area contributed by atoms with E-state index in [2.05, 4.69) is 9.89 Å². The largest absolute Gasteiger partial charge is 0.433 e. The SMILES string of the molecule is CC1(CCl)CC(S(=O)(=O)Cc2ccc(Cl)c(OC(F)F)c2)=NO1. The third-order valence-corrected chi connectivity index (χ3v) is 5.63. The van der Waals surface area contributed by atoms with Crippen molar-refractivity contribution < 1.29 is 26.8 Å². The van der Waals surface area contributed by atoms with E-state index in [9.17, 15) is 17.2 Å². The Bertz CT molecular complexity index is 727. The molecule has 0 radical (unpaired) electrons. The second kappa shape index (κ2) is 6.78. The molecule has 0 aromatic heterocycles. The van der Waals surface area contributed by atoms with Gasteiger partial charge in [0.25, 0.3) is 0 Å². The molecule has 0 saturated carbocycles. The lowest BCUT2D eigenvalue weighted by atomic mass is 10.1. The number of alkyl halides is 3. The zero-order chi connectivity index (χ0) is 17.3. The van der Waals surface area contributed by atoms with Crippen LogP contribution in [0, 0.1) is 0 Å². The van der Waals surface area contributed by atoms with E-state index in [4.69, 9.17) is 28.0 Å². The molecule has 2 rings (SSSR count). The standard InChI is InChI=1S/C13H13Cl2F2NO4S/c1-13(7-14)5-11(18-22-13)23(19,20)6-8-2-3-9(15)10(4-8)21-12(16)17/h2-4,12H,5-7H2,1H3. The molecule has 0 spiro atoms. The molecule has 0 saturated heterocycles. The van der Waals surface area contributed by atoms with Crippen LogP contribution in [0.25, 0.3) is 0 Å². The number of ether oxygens (including phenoxy) is 1. The quantitative estimate of drug-likeness (QED) is 0.724. The van der Waals surface area contributed by atoms with E-state index in [1.165, 1.54) is 12.1 Å². The Hall–Kier alpha value is -1.12. The lowest BCUT2D eigenvalue weighted by molar-refractivity contribution is -0.0498. The predicted octanol–water partition coefficient (Wildman–Crippen LogP) is 3.59. The maximum absolute atomic E-state index is 12.3. The van der Waals surface area contributed by atoms with Gasteiger partial charge >= 0.3 is 6.61 Å². The van der Waals surface area contributed by atoms with E-state index in [0.717, 1.165) is 6.07 Å². The number of hydrogen-bond acceptors (Lipinski definition) is 5. The molecular formula is C13H13Cl2F2NO4S. The number of hydrogen-bond donors (Lipinski definition) is 0. The van der Waals surface area contributed by atoms with Crippen molar-refractivity contribution in [3.8, 4) is 5.75 Å². The molecule has 10 heteroatoms. The van der Waals surface area contributed by atoms with Crippen LogP contribution >= 0.6 is 23.2 Å². The highest BCUT2D eigenvalue weighted by molar-refractivity contribution is 8.05. The number of oxime groups is 1. The topological polar surface area (TPSA) is 65.0 Å². The van der Waals surface area contributed by atoms with Gasteiger partial charge in [-0.3, -0.25) is 0 Å². The molecule has 0 amide bonds. The van der Waals surface area contributed by atoms with E-state index >= 15 is 0 Å². The maximum atomic E-state index is 12.3. The Morgan fingerprint density at radius 2 is 2.17 bits per heavy atom. The zero-order valence-electron chi connectivity index (χ0n) is 11.9. The second-order valence-corrected chi connectivity index (χ2v) is 7.90. The number of rotatable bonds is 5. The van der Waals surface area contributed by atoms with Gasteiger partial charge < -0.3 is 9.57 Å². The van der Waals surface area contributed by atoms with Crippen LogP contribution in [0.5, 0.6) is 5.75 Å². The summed E-state index contributed by atoms with van der Waals surface area (Å²) in [5.74, 6) is -0.641. The Labute approximate surface area is 142 Å². The van der Waals surface area contributed by atoms with Crippen molar-refractivity contribution in [3.63, 3.8) is 0 Å². The lowest BCUT2D eigenvalue weighted by Crippen LogP contribution is -2.28. The molecule has 23 heavy (non-hydrogen) atoms. The molecule has 1 aliphatic heterocycles. The fourth-order valence-corrected chi connectivity index (χ4v) is 3.68. The smallest absolute Gasteiger partial charge is 0.387 e. The summed E-state index contributed by atoms with van der Waals surface area (Å²) in [6.45, 7) is -1.42. The van der Waals surface area contributed by atoms with Crippen LogP contribution in [-0.4, -0.2) is 31.6 Å². The Balaban J connectivity index is 2.18. The van der Waals surface area contributed by atoms with E-state index in [-0.39, 0.29) is 33.7 Å². The van der Waals surface area contributed by atoms with Crippen LogP contribution in [-0.2, 0) is 20.4 Å². The van der Waals surface area contributed by atoms with E-state index in [1.54, 1.807) is 6.92 Å². The van der Waals surface area contributed by atoms with Crippen molar-refractivity contribution in [1.82, 2.24) is 0 Å². The Morgan fingerprint density at radius 1 is 1.48 bits per heavy atom. The third kappa shape index (κ3) is 4.45. The van der Waals surface area contributed by atoms with Gasteiger partial charge in [0.1, 0.15) is 5.75 Å². The fraction of sp³-hybridized carbons (Fsp3) is 0.462. The molecular weight excluding hydrogens is 375 g/mol. The molecule has 1 aliphatic rings. The van der Waals surface area contributed by atoms with Gasteiger partial charge in [0.05, 0.1) is 16.7 Å². The summed E-state index contributed by atoms with van der Waals surface area (Å²) in [5.41, 5.74) is -0.624. The molecule has 1 heterocycles. The average Bonchev–Trinajstić information content (AvgIpc) is 2.86. The van der Waals surface area contributed by atoms with Crippen molar-refractivity contribution in [2.45, 2.75) is 31.3 Å². The number of halogens is 4. The first-order valence-electron chi connectivity index (χ1n) is 6.42. The van der Waals surface area contributed by atoms with Crippen LogP contribution in [0.4, 0.5) is 8.78 Å². The van der Waals surface area contributed by atoms with Gasteiger partial charge in [-0.1, -0.05) is 22.8 Å². The lowest BCUT2D eigenvalue weighted by Gasteiger charge is -2.16. The summed E-state index contributed by atoms with van der Waals surface area (Å²) in [4.78, 5) is 5.05. The van der Waals surface area contributed by atoms with Crippen LogP contribution in [0.15, 0.2) is 23.4 Å². The maximum Gasteiger partial charge on any atom is 0.387 e. The first-order valence-corrected chi connectivity index (χ1v) is 8.99. The van der Waals surface area contributed by atoms with Gasteiger partial charge in [-0.15, -0.1) is 11.6 Å². The highest BCUT2D eigenvalue weighted by atomic mass is 35.5. The van der Waals surface area contributed by atoms with Gasteiger partial charge in [-0.05, 0) is 24.6 Å². The van der Waals surface area contributed by atoms with Gasteiger partial charge in [0.15, 0.2) is 20.5 Å². The Morgan fingerprint density at radius 3 is 2.74 bits per heavy atom. The summed E-state index contributed by atoms with van der Waals surface area (Å²) in [6, 6.07) is 3.86. The second-order valence-electron chi connectivity index (χ2n) is 5.24. The monoisotopic (exact) mass is 387 g/mol. The number of sulfone groups is 1. The minimum Gasteiger partial charge on any atom is -0.433 e.